The van der Waals surface area contributed by atoms with Gasteiger partial charge in [0.1, 0.15) is 13.2 Å². The van der Waals surface area contributed by atoms with Crippen molar-refractivity contribution in [3.8, 4) is 11.5 Å². The number of hydrogen-bond acceptors (Lipinski definition) is 3. The smallest absolute Gasteiger partial charge is 0.161 e. The zero-order valence-electron chi connectivity index (χ0n) is 10.3. The molecule has 1 aromatic heterocycles. The standard InChI is InChI=1S/C14H16N2O2/c1-11(15-16-6-2-3-7-16)12-4-5-13-14(10-12)18-9-8-17-13/h2-7,10-11,15H,8-9H2,1H3. The van der Waals surface area contributed by atoms with Crippen molar-refractivity contribution < 1.29 is 9.47 Å². The van der Waals surface area contributed by atoms with Gasteiger partial charge >= 0.3 is 0 Å². The maximum Gasteiger partial charge on any atom is 0.161 e. The van der Waals surface area contributed by atoms with Crippen molar-refractivity contribution in [2.75, 3.05) is 18.6 Å². The van der Waals surface area contributed by atoms with Gasteiger partial charge in [-0.1, -0.05) is 6.07 Å². The zero-order chi connectivity index (χ0) is 12.4. The van der Waals surface area contributed by atoms with Crippen molar-refractivity contribution in [2.45, 2.75) is 13.0 Å². The molecule has 0 spiro atoms. The molecule has 0 radical (unpaired) electrons. The first-order chi connectivity index (χ1) is 8.83. The molecule has 0 amide bonds. The van der Waals surface area contributed by atoms with Crippen LogP contribution in [0.1, 0.15) is 18.5 Å². The fraction of sp³-hybridized carbons (Fsp3) is 0.286. The number of fused-ring (bicyclic) bond motifs is 1. The van der Waals surface area contributed by atoms with Crippen molar-refractivity contribution >= 4 is 0 Å². The molecule has 1 aliphatic rings. The van der Waals surface area contributed by atoms with E-state index in [0.29, 0.717) is 13.2 Å². The lowest BCUT2D eigenvalue weighted by Gasteiger charge is -2.21. The minimum absolute atomic E-state index is 0.202. The Balaban J connectivity index is 1.79. The van der Waals surface area contributed by atoms with Gasteiger partial charge in [-0.2, -0.15) is 0 Å². The van der Waals surface area contributed by atoms with Crippen LogP contribution in [0.15, 0.2) is 42.7 Å². The summed E-state index contributed by atoms with van der Waals surface area (Å²) in [7, 11) is 0. The SMILES string of the molecule is CC(Nn1cccc1)c1ccc2c(c1)OCCO2. The maximum absolute atomic E-state index is 5.59. The number of benzene rings is 1. The predicted molar refractivity (Wildman–Crippen MR) is 69.6 cm³/mol. The molecule has 0 fully saturated rings. The second-order valence-corrected chi connectivity index (χ2v) is 4.34. The van der Waals surface area contributed by atoms with Crippen LogP contribution in [0.5, 0.6) is 11.5 Å². The number of hydrogen-bond donors (Lipinski definition) is 1. The summed E-state index contributed by atoms with van der Waals surface area (Å²) in [5, 5.41) is 0. The van der Waals surface area contributed by atoms with E-state index < -0.39 is 0 Å². The van der Waals surface area contributed by atoms with Gasteiger partial charge in [-0.25, -0.2) is 0 Å². The van der Waals surface area contributed by atoms with Crippen molar-refractivity contribution in [2.24, 2.45) is 0 Å². The molecule has 0 saturated heterocycles. The van der Waals surface area contributed by atoms with Crippen LogP contribution in [0, 0.1) is 0 Å². The molecule has 0 bridgehead atoms. The maximum atomic E-state index is 5.59. The molecule has 0 aliphatic carbocycles. The molecule has 4 heteroatoms. The number of ether oxygens (including phenoxy) is 2. The fourth-order valence-electron chi connectivity index (χ4n) is 2.05. The van der Waals surface area contributed by atoms with E-state index in [-0.39, 0.29) is 6.04 Å². The van der Waals surface area contributed by atoms with E-state index in [1.165, 1.54) is 5.56 Å². The quantitative estimate of drug-likeness (QED) is 0.901. The highest BCUT2D eigenvalue weighted by molar-refractivity contribution is 5.44. The average Bonchev–Trinajstić information content (AvgIpc) is 2.91. The van der Waals surface area contributed by atoms with Crippen molar-refractivity contribution in [3.63, 3.8) is 0 Å². The molecule has 1 N–H and O–H groups in total. The zero-order valence-corrected chi connectivity index (χ0v) is 10.3. The van der Waals surface area contributed by atoms with Gasteiger partial charge in [-0.05, 0) is 36.8 Å². The largest absolute Gasteiger partial charge is 0.486 e. The first-order valence-corrected chi connectivity index (χ1v) is 6.12. The van der Waals surface area contributed by atoms with E-state index in [9.17, 15) is 0 Å². The summed E-state index contributed by atoms with van der Waals surface area (Å²) < 4.78 is 13.0. The molecule has 3 rings (SSSR count). The summed E-state index contributed by atoms with van der Waals surface area (Å²) in [6.07, 6.45) is 3.96. The van der Waals surface area contributed by atoms with E-state index in [4.69, 9.17) is 9.47 Å². The van der Waals surface area contributed by atoms with Gasteiger partial charge in [0.2, 0.25) is 0 Å². The van der Waals surface area contributed by atoms with Crippen LogP contribution in [0.25, 0.3) is 0 Å². The number of rotatable bonds is 3. The number of nitrogens with one attached hydrogen (secondary N) is 1. The Labute approximate surface area is 106 Å². The van der Waals surface area contributed by atoms with Gasteiger partial charge < -0.3 is 14.9 Å². The van der Waals surface area contributed by atoms with E-state index >= 15 is 0 Å². The van der Waals surface area contributed by atoms with Crippen LogP contribution in [0.2, 0.25) is 0 Å². The van der Waals surface area contributed by atoms with Crippen LogP contribution >= 0.6 is 0 Å². The van der Waals surface area contributed by atoms with Crippen molar-refractivity contribution in [3.05, 3.63) is 48.3 Å². The summed E-state index contributed by atoms with van der Waals surface area (Å²) >= 11 is 0. The Morgan fingerprint density at radius 2 is 1.83 bits per heavy atom. The molecular formula is C14H16N2O2. The monoisotopic (exact) mass is 244 g/mol. The third kappa shape index (κ3) is 2.14. The highest BCUT2D eigenvalue weighted by atomic mass is 16.6. The Morgan fingerprint density at radius 1 is 1.11 bits per heavy atom. The normalized spacial score (nSPS) is 15.2. The average molecular weight is 244 g/mol. The first kappa shape index (κ1) is 11.0. The van der Waals surface area contributed by atoms with Crippen LogP contribution < -0.4 is 14.9 Å². The molecule has 1 atom stereocenters. The van der Waals surface area contributed by atoms with Gasteiger partial charge in [0.25, 0.3) is 0 Å². The summed E-state index contributed by atoms with van der Waals surface area (Å²) in [5.41, 5.74) is 4.54. The first-order valence-electron chi connectivity index (χ1n) is 6.12. The van der Waals surface area contributed by atoms with Crippen molar-refractivity contribution in [1.82, 2.24) is 4.68 Å². The topological polar surface area (TPSA) is 35.4 Å². The molecular weight excluding hydrogens is 228 g/mol. The van der Waals surface area contributed by atoms with Gasteiger partial charge in [0.15, 0.2) is 11.5 Å². The van der Waals surface area contributed by atoms with E-state index in [0.717, 1.165) is 11.5 Å². The molecule has 2 heterocycles. The van der Waals surface area contributed by atoms with Gasteiger partial charge in [0.05, 0.1) is 6.04 Å². The molecule has 18 heavy (non-hydrogen) atoms. The lowest BCUT2D eigenvalue weighted by atomic mass is 10.1. The molecule has 1 unspecified atom stereocenters. The van der Waals surface area contributed by atoms with Gasteiger partial charge in [-0.15, -0.1) is 0 Å². The van der Waals surface area contributed by atoms with Gasteiger partial charge in [0, 0.05) is 12.4 Å². The van der Waals surface area contributed by atoms with E-state index in [1.54, 1.807) is 0 Å². The van der Waals surface area contributed by atoms with Crippen LogP contribution in [0.3, 0.4) is 0 Å². The summed E-state index contributed by atoms with van der Waals surface area (Å²) in [4.78, 5) is 0. The summed E-state index contributed by atoms with van der Waals surface area (Å²) in [6.45, 7) is 3.37. The van der Waals surface area contributed by atoms with Crippen molar-refractivity contribution in [1.29, 1.82) is 0 Å². The Kier molecular flexibility index (Phi) is 2.84. The lowest BCUT2D eigenvalue weighted by Crippen LogP contribution is -2.18. The minimum atomic E-state index is 0.202. The number of aromatic nitrogens is 1. The molecule has 94 valence electrons. The third-order valence-corrected chi connectivity index (χ3v) is 3.01. The molecule has 4 nitrogen and oxygen atoms in total. The third-order valence-electron chi connectivity index (χ3n) is 3.01. The summed E-state index contributed by atoms with van der Waals surface area (Å²) in [6, 6.07) is 10.3. The fourth-order valence-corrected chi connectivity index (χ4v) is 2.05. The Bertz CT molecular complexity index is 523. The lowest BCUT2D eigenvalue weighted by molar-refractivity contribution is 0.171. The minimum Gasteiger partial charge on any atom is -0.486 e. The second kappa shape index (κ2) is 4.64. The van der Waals surface area contributed by atoms with E-state index in [2.05, 4.69) is 18.4 Å². The Morgan fingerprint density at radius 3 is 2.61 bits per heavy atom. The van der Waals surface area contributed by atoms with Crippen LogP contribution in [-0.4, -0.2) is 17.9 Å². The summed E-state index contributed by atoms with van der Waals surface area (Å²) in [5.74, 6) is 1.66. The molecule has 2 aromatic rings. The van der Waals surface area contributed by atoms with E-state index in [1.807, 2.05) is 41.3 Å². The van der Waals surface area contributed by atoms with Crippen LogP contribution in [0.4, 0.5) is 0 Å². The second-order valence-electron chi connectivity index (χ2n) is 4.34. The van der Waals surface area contributed by atoms with Crippen LogP contribution in [-0.2, 0) is 0 Å². The molecule has 0 saturated carbocycles. The van der Waals surface area contributed by atoms with Gasteiger partial charge in [-0.3, -0.25) is 4.68 Å². The number of nitrogens with zero attached hydrogens (tertiary/aromatic N) is 1. The molecule has 1 aliphatic heterocycles. The predicted octanol–water partition coefficient (Wildman–Crippen LogP) is 2.56. The highest BCUT2D eigenvalue weighted by Crippen LogP contribution is 2.32. The molecule has 1 aromatic carbocycles. The Hall–Kier alpha value is -2.10. The highest BCUT2D eigenvalue weighted by Gasteiger charge is 2.14.